The number of aryl methyl sites for hydroxylation is 2. The van der Waals surface area contributed by atoms with Gasteiger partial charge in [-0.3, -0.25) is 4.90 Å². The van der Waals surface area contributed by atoms with Gasteiger partial charge < -0.3 is 19.5 Å². The van der Waals surface area contributed by atoms with Crippen LogP contribution in [0.4, 0.5) is 5.82 Å². The van der Waals surface area contributed by atoms with Gasteiger partial charge >= 0.3 is 0 Å². The highest BCUT2D eigenvalue weighted by molar-refractivity contribution is 7.59. The molecule has 0 saturated carbocycles. The number of aromatic nitrogens is 4. The zero-order chi connectivity index (χ0) is 24.4. The number of morpholine rings is 1. The second-order valence-corrected chi connectivity index (χ2v) is 10.9. The van der Waals surface area contributed by atoms with Crippen molar-refractivity contribution < 1.29 is 14.6 Å². The van der Waals surface area contributed by atoms with Gasteiger partial charge in [-0.15, -0.1) is 0 Å². The Morgan fingerprint density at radius 1 is 1.00 bits per heavy atom. The number of rotatable bonds is 4. The number of likely N-dealkylation sites (tertiary alicyclic amines) is 1. The number of hydrogen-bond donors (Lipinski definition) is 1. The molecule has 6 heterocycles. The molecule has 4 aliphatic rings. The third kappa shape index (κ3) is 4.32. The maximum Gasteiger partial charge on any atom is 0.159 e. The first-order valence-corrected chi connectivity index (χ1v) is 13.3. The van der Waals surface area contributed by atoms with Gasteiger partial charge in [0.1, 0.15) is 23.9 Å². The topological polar surface area (TPSA) is 88.8 Å². The van der Waals surface area contributed by atoms with Crippen LogP contribution in [0, 0.1) is 13.8 Å². The lowest BCUT2D eigenvalue weighted by molar-refractivity contribution is 0.0549. The summed E-state index contributed by atoms with van der Waals surface area (Å²) in [6, 6.07) is 7.15. The molecule has 9 nitrogen and oxygen atoms in total. The first-order chi connectivity index (χ1) is 17.5. The van der Waals surface area contributed by atoms with Crippen molar-refractivity contribution in [2.24, 2.45) is 0 Å². The molecule has 2 aromatic heterocycles. The summed E-state index contributed by atoms with van der Waals surface area (Å²) in [6.45, 7) is 9.39. The molecule has 4 saturated heterocycles. The van der Waals surface area contributed by atoms with Crippen LogP contribution in [-0.2, 0) is 9.47 Å². The minimum absolute atomic E-state index is 0. The number of anilines is 1. The van der Waals surface area contributed by atoms with Gasteiger partial charge in [0.2, 0.25) is 0 Å². The first kappa shape index (κ1) is 25.1. The van der Waals surface area contributed by atoms with Crippen LogP contribution < -0.4 is 4.90 Å². The summed E-state index contributed by atoms with van der Waals surface area (Å²) < 4.78 is 13.2. The Morgan fingerprint density at radius 2 is 1.81 bits per heavy atom. The van der Waals surface area contributed by atoms with Crippen molar-refractivity contribution >= 4 is 30.2 Å². The standard InChI is InChI=1S/C27H34N6O3.H2S/c1-16-9-19-12-28-33(22(19)10-21(16)18-3-6-31(7-4-18)20-5-8-35-14-20)26-11-25(29-17(2)30-26)32-13-24-27(34)23(32)15-36-24;/h9-12,18,20,23-24,27,34H,3-8,13-15H2,1-2H3;1H2/t20-,23?,24?,27?;/m0./s1. The number of fused-ring (bicyclic) bond motifs is 3. The largest absolute Gasteiger partial charge is 0.388 e. The van der Waals surface area contributed by atoms with Crippen LogP contribution in [0.1, 0.15) is 42.1 Å². The third-order valence-electron chi connectivity index (χ3n) is 8.70. The fourth-order valence-corrected chi connectivity index (χ4v) is 6.70. The minimum Gasteiger partial charge on any atom is -0.388 e. The van der Waals surface area contributed by atoms with Gasteiger partial charge in [0, 0.05) is 30.6 Å². The number of aliphatic hydroxyl groups is 1. The smallest absolute Gasteiger partial charge is 0.159 e. The van der Waals surface area contributed by atoms with Crippen LogP contribution >= 0.6 is 13.5 Å². The van der Waals surface area contributed by atoms with E-state index in [1.165, 1.54) is 30.4 Å². The normalized spacial score (nSPS) is 28.4. The Bertz CT molecular complexity index is 1290. The SMILES string of the molecule is Cc1nc(N2CC3OCC2C3O)cc(-n2ncc3cc(C)c(C4CCN([C@H]5CCOC5)CC4)cc32)n1.S. The molecule has 4 fully saturated rings. The van der Waals surface area contributed by atoms with Gasteiger partial charge in [0.25, 0.3) is 0 Å². The number of piperidine rings is 1. The zero-order valence-corrected chi connectivity index (χ0v) is 22.5. The fraction of sp³-hybridized carbons (Fsp3) is 0.593. The average molecular weight is 525 g/mol. The Labute approximate surface area is 224 Å². The van der Waals surface area contributed by atoms with Crippen molar-refractivity contribution in [3.8, 4) is 5.82 Å². The average Bonchev–Trinajstić information content (AvgIpc) is 3.68. The number of aliphatic hydroxyl groups excluding tert-OH is 1. The quantitative estimate of drug-likeness (QED) is 0.557. The highest BCUT2D eigenvalue weighted by Gasteiger charge is 2.48. The summed E-state index contributed by atoms with van der Waals surface area (Å²) in [6.07, 6.45) is 4.84. The van der Waals surface area contributed by atoms with Crippen LogP contribution in [0.15, 0.2) is 24.4 Å². The molecule has 0 radical (unpaired) electrons. The van der Waals surface area contributed by atoms with E-state index in [0.29, 0.717) is 30.9 Å². The lowest BCUT2D eigenvalue weighted by Gasteiger charge is -2.36. The molecule has 3 unspecified atom stereocenters. The lowest BCUT2D eigenvalue weighted by atomic mass is 9.86. The molecular weight excluding hydrogens is 488 g/mol. The van der Waals surface area contributed by atoms with Crippen LogP contribution in [0.25, 0.3) is 16.7 Å². The van der Waals surface area contributed by atoms with Crippen molar-refractivity contribution in [1.29, 1.82) is 0 Å². The number of benzene rings is 1. The predicted octanol–water partition coefficient (Wildman–Crippen LogP) is 2.46. The van der Waals surface area contributed by atoms with Crippen molar-refractivity contribution in [3.63, 3.8) is 0 Å². The van der Waals surface area contributed by atoms with Crippen LogP contribution in [0.2, 0.25) is 0 Å². The minimum atomic E-state index is -0.465. The predicted molar refractivity (Wildman–Crippen MR) is 146 cm³/mol. The van der Waals surface area contributed by atoms with Crippen molar-refractivity contribution in [2.45, 2.75) is 63.3 Å². The number of nitrogens with zero attached hydrogens (tertiary/aromatic N) is 6. The Hall–Kier alpha value is -2.24. The van der Waals surface area contributed by atoms with E-state index in [-0.39, 0.29) is 25.6 Å². The van der Waals surface area contributed by atoms with Gasteiger partial charge in [-0.2, -0.15) is 18.6 Å². The molecule has 198 valence electrons. The first-order valence-electron chi connectivity index (χ1n) is 13.3. The molecule has 10 heteroatoms. The van der Waals surface area contributed by atoms with Gasteiger partial charge in [-0.05, 0) is 75.4 Å². The van der Waals surface area contributed by atoms with E-state index in [1.807, 2.05) is 23.9 Å². The summed E-state index contributed by atoms with van der Waals surface area (Å²) in [5.74, 6) is 2.84. The molecule has 0 amide bonds. The summed E-state index contributed by atoms with van der Waals surface area (Å²) in [4.78, 5) is 14.2. The van der Waals surface area contributed by atoms with E-state index < -0.39 is 6.10 Å². The van der Waals surface area contributed by atoms with Crippen molar-refractivity contribution in [2.75, 3.05) is 44.4 Å². The molecule has 3 aromatic rings. The fourth-order valence-electron chi connectivity index (χ4n) is 6.70. The van der Waals surface area contributed by atoms with Crippen LogP contribution in [0.5, 0.6) is 0 Å². The van der Waals surface area contributed by atoms with E-state index in [2.05, 4.69) is 28.9 Å². The second-order valence-electron chi connectivity index (χ2n) is 10.9. The Morgan fingerprint density at radius 3 is 2.51 bits per heavy atom. The van der Waals surface area contributed by atoms with E-state index >= 15 is 0 Å². The monoisotopic (exact) mass is 524 g/mol. The molecule has 37 heavy (non-hydrogen) atoms. The van der Waals surface area contributed by atoms with Crippen LogP contribution in [-0.4, -0.2) is 93.5 Å². The molecule has 0 spiro atoms. The van der Waals surface area contributed by atoms with E-state index in [0.717, 1.165) is 48.8 Å². The van der Waals surface area contributed by atoms with E-state index in [1.54, 1.807) is 0 Å². The van der Waals surface area contributed by atoms with Crippen molar-refractivity contribution in [3.05, 3.63) is 41.3 Å². The molecule has 0 aliphatic carbocycles. The molecular formula is C27H36N6O3S. The highest BCUT2D eigenvalue weighted by Crippen LogP contribution is 2.36. The van der Waals surface area contributed by atoms with E-state index in [4.69, 9.17) is 24.5 Å². The summed E-state index contributed by atoms with van der Waals surface area (Å²) >= 11 is 0. The summed E-state index contributed by atoms with van der Waals surface area (Å²) in [5, 5.41) is 16.3. The molecule has 4 aliphatic heterocycles. The zero-order valence-electron chi connectivity index (χ0n) is 21.5. The third-order valence-corrected chi connectivity index (χ3v) is 8.70. The highest BCUT2D eigenvalue weighted by atomic mass is 32.1. The molecule has 7 rings (SSSR count). The van der Waals surface area contributed by atoms with E-state index in [9.17, 15) is 5.11 Å². The lowest BCUT2D eigenvalue weighted by Crippen LogP contribution is -2.41. The van der Waals surface area contributed by atoms with Gasteiger partial charge in [-0.1, -0.05) is 0 Å². The molecule has 1 aromatic carbocycles. The summed E-state index contributed by atoms with van der Waals surface area (Å²) in [5.41, 5.74) is 3.85. The maximum absolute atomic E-state index is 10.4. The van der Waals surface area contributed by atoms with Gasteiger partial charge in [0.05, 0.1) is 31.0 Å². The van der Waals surface area contributed by atoms with Crippen molar-refractivity contribution in [1.82, 2.24) is 24.6 Å². The van der Waals surface area contributed by atoms with Crippen LogP contribution in [0.3, 0.4) is 0 Å². The molecule has 1 N–H and O–H groups in total. The molecule has 2 bridgehead atoms. The Kier molecular flexibility index (Phi) is 6.65. The Balaban J connectivity index is 0.00000252. The number of ether oxygens (including phenoxy) is 2. The molecule has 4 atom stereocenters. The summed E-state index contributed by atoms with van der Waals surface area (Å²) in [7, 11) is 0. The second kappa shape index (κ2) is 9.81. The van der Waals surface area contributed by atoms with Gasteiger partial charge in [0.15, 0.2) is 5.82 Å². The van der Waals surface area contributed by atoms with Gasteiger partial charge in [-0.25, -0.2) is 14.6 Å². The maximum atomic E-state index is 10.4. The number of hydrogen-bond acceptors (Lipinski definition) is 8.